The van der Waals surface area contributed by atoms with Crippen LogP contribution in [0.25, 0.3) is 5.69 Å². The first-order valence-corrected chi connectivity index (χ1v) is 8.39. The van der Waals surface area contributed by atoms with Crippen LogP contribution < -0.4 is 0 Å². The van der Waals surface area contributed by atoms with Crippen molar-refractivity contribution in [3.05, 3.63) is 54.6 Å². The highest BCUT2D eigenvalue weighted by molar-refractivity contribution is 5.79. The van der Waals surface area contributed by atoms with Gasteiger partial charge in [-0.1, -0.05) is 12.1 Å². The Morgan fingerprint density at radius 3 is 2.84 bits per heavy atom. The summed E-state index contributed by atoms with van der Waals surface area (Å²) in [5.74, 6) is 0.159. The fourth-order valence-corrected chi connectivity index (χ4v) is 3.23. The van der Waals surface area contributed by atoms with Crippen molar-refractivity contribution < 1.29 is 4.79 Å². The van der Waals surface area contributed by atoms with Gasteiger partial charge in [0.05, 0.1) is 18.2 Å². The third-order valence-corrected chi connectivity index (χ3v) is 4.55. The number of hydrogen-bond acceptors (Lipinski definition) is 5. The smallest absolute Gasteiger partial charge is 0.227 e. The van der Waals surface area contributed by atoms with Crippen LogP contribution in [0.1, 0.15) is 24.4 Å². The zero-order valence-corrected chi connectivity index (χ0v) is 13.8. The molecule has 0 bridgehead atoms. The standard InChI is InChI=1S/C17H19N7O/c25-17(22-9-1-3-16(12-22)23-10-2-8-19-23)11-14-4-6-15(7-5-14)24-13-18-20-21-24/h2,4-8,10,13,16H,1,3,9,11-12H2/t16-/m0/s1. The summed E-state index contributed by atoms with van der Waals surface area (Å²) in [6.45, 7) is 1.54. The Kier molecular flexibility index (Phi) is 4.24. The average Bonchev–Trinajstić information content (AvgIpc) is 3.36. The Hall–Kier alpha value is -3.03. The third kappa shape index (κ3) is 3.42. The lowest BCUT2D eigenvalue weighted by atomic mass is 10.0. The predicted molar refractivity (Wildman–Crippen MR) is 89.9 cm³/mol. The molecule has 0 unspecified atom stereocenters. The highest BCUT2D eigenvalue weighted by Gasteiger charge is 2.24. The first-order valence-electron chi connectivity index (χ1n) is 8.39. The van der Waals surface area contributed by atoms with E-state index in [-0.39, 0.29) is 11.9 Å². The van der Waals surface area contributed by atoms with E-state index in [1.807, 2.05) is 46.1 Å². The molecule has 1 aliphatic heterocycles. The summed E-state index contributed by atoms with van der Waals surface area (Å²) in [5.41, 5.74) is 1.86. The van der Waals surface area contributed by atoms with Crippen LogP contribution >= 0.6 is 0 Å². The number of tetrazole rings is 1. The van der Waals surface area contributed by atoms with Crippen molar-refractivity contribution in [2.75, 3.05) is 13.1 Å². The Morgan fingerprint density at radius 2 is 2.12 bits per heavy atom. The van der Waals surface area contributed by atoms with Gasteiger partial charge in [-0.05, 0) is 47.0 Å². The van der Waals surface area contributed by atoms with Gasteiger partial charge in [0, 0.05) is 25.5 Å². The van der Waals surface area contributed by atoms with E-state index in [4.69, 9.17) is 0 Å². The maximum absolute atomic E-state index is 12.7. The number of hydrogen-bond donors (Lipinski definition) is 0. The molecule has 1 amide bonds. The quantitative estimate of drug-likeness (QED) is 0.716. The predicted octanol–water partition coefficient (Wildman–Crippen LogP) is 1.26. The maximum atomic E-state index is 12.7. The number of carbonyl (C=O) groups excluding carboxylic acids is 1. The van der Waals surface area contributed by atoms with Crippen molar-refractivity contribution in [3.8, 4) is 5.69 Å². The second kappa shape index (κ2) is 6.84. The first kappa shape index (κ1) is 15.5. The summed E-state index contributed by atoms with van der Waals surface area (Å²) in [4.78, 5) is 14.6. The number of aromatic nitrogens is 6. The van der Waals surface area contributed by atoms with Crippen LogP contribution in [-0.4, -0.2) is 53.9 Å². The molecule has 3 heterocycles. The fourth-order valence-electron chi connectivity index (χ4n) is 3.23. The molecule has 0 saturated carbocycles. The Morgan fingerprint density at radius 1 is 1.24 bits per heavy atom. The van der Waals surface area contributed by atoms with E-state index < -0.39 is 0 Å². The fraction of sp³-hybridized carbons (Fsp3) is 0.353. The van der Waals surface area contributed by atoms with Gasteiger partial charge in [0.25, 0.3) is 0 Å². The van der Waals surface area contributed by atoms with Gasteiger partial charge in [-0.25, -0.2) is 4.68 Å². The van der Waals surface area contributed by atoms with Gasteiger partial charge >= 0.3 is 0 Å². The first-order chi connectivity index (χ1) is 12.3. The SMILES string of the molecule is O=C(Cc1ccc(-n2cnnn2)cc1)N1CCC[C@H](n2cccn2)C1. The highest BCUT2D eigenvalue weighted by atomic mass is 16.2. The average molecular weight is 337 g/mol. The Balaban J connectivity index is 1.39. The van der Waals surface area contributed by atoms with Crippen molar-refractivity contribution in [1.29, 1.82) is 0 Å². The van der Waals surface area contributed by atoms with Gasteiger partial charge in [0.15, 0.2) is 0 Å². The molecule has 8 nitrogen and oxygen atoms in total. The van der Waals surface area contributed by atoms with Crippen molar-refractivity contribution in [2.45, 2.75) is 25.3 Å². The molecule has 128 valence electrons. The number of piperidine rings is 1. The van der Waals surface area contributed by atoms with Crippen LogP contribution in [0.3, 0.4) is 0 Å². The molecule has 4 rings (SSSR count). The summed E-state index contributed by atoms with van der Waals surface area (Å²) >= 11 is 0. The van der Waals surface area contributed by atoms with E-state index in [9.17, 15) is 4.79 Å². The number of likely N-dealkylation sites (tertiary alicyclic amines) is 1. The van der Waals surface area contributed by atoms with Gasteiger partial charge < -0.3 is 4.90 Å². The van der Waals surface area contributed by atoms with Crippen LogP contribution in [0.5, 0.6) is 0 Å². The minimum absolute atomic E-state index is 0.159. The van der Waals surface area contributed by atoms with Gasteiger partial charge in [-0.2, -0.15) is 5.10 Å². The van der Waals surface area contributed by atoms with Crippen molar-refractivity contribution in [1.82, 2.24) is 34.9 Å². The zero-order valence-electron chi connectivity index (χ0n) is 13.8. The third-order valence-electron chi connectivity index (χ3n) is 4.55. The highest BCUT2D eigenvalue weighted by Crippen LogP contribution is 2.21. The molecule has 8 heteroatoms. The number of rotatable bonds is 4. The molecule has 0 spiro atoms. The molecule has 1 saturated heterocycles. The van der Waals surface area contributed by atoms with Crippen molar-refractivity contribution >= 4 is 5.91 Å². The maximum Gasteiger partial charge on any atom is 0.227 e. The number of amides is 1. The molecule has 0 aliphatic carbocycles. The van der Waals surface area contributed by atoms with E-state index in [1.54, 1.807) is 17.2 Å². The number of carbonyl (C=O) groups is 1. The molecule has 3 aromatic rings. The minimum Gasteiger partial charge on any atom is -0.340 e. The summed E-state index contributed by atoms with van der Waals surface area (Å²) in [6, 6.07) is 9.93. The zero-order chi connectivity index (χ0) is 17.1. The molecule has 1 aromatic carbocycles. The van der Waals surface area contributed by atoms with Crippen LogP contribution in [0.4, 0.5) is 0 Å². The molecule has 0 radical (unpaired) electrons. The van der Waals surface area contributed by atoms with Gasteiger partial charge in [0.1, 0.15) is 6.33 Å². The van der Waals surface area contributed by atoms with E-state index in [1.165, 1.54) is 0 Å². The van der Waals surface area contributed by atoms with Crippen LogP contribution in [0.15, 0.2) is 49.1 Å². The lowest BCUT2D eigenvalue weighted by Gasteiger charge is -2.33. The summed E-state index contributed by atoms with van der Waals surface area (Å²) < 4.78 is 3.55. The molecule has 2 aromatic heterocycles. The second-order valence-corrected chi connectivity index (χ2v) is 6.22. The van der Waals surface area contributed by atoms with Gasteiger partial charge in [-0.3, -0.25) is 9.48 Å². The Labute approximate surface area is 145 Å². The lowest BCUT2D eigenvalue weighted by Crippen LogP contribution is -2.41. The molecule has 0 N–H and O–H groups in total. The monoisotopic (exact) mass is 337 g/mol. The summed E-state index contributed by atoms with van der Waals surface area (Å²) in [6.07, 6.45) is 7.77. The van der Waals surface area contributed by atoms with E-state index in [2.05, 4.69) is 20.6 Å². The van der Waals surface area contributed by atoms with E-state index in [0.717, 1.165) is 37.2 Å². The summed E-state index contributed by atoms with van der Waals surface area (Å²) in [5, 5.41) is 15.4. The molecular formula is C17H19N7O. The topological polar surface area (TPSA) is 81.7 Å². The molecular weight excluding hydrogens is 318 g/mol. The van der Waals surface area contributed by atoms with Crippen LogP contribution in [-0.2, 0) is 11.2 Å². The normalized spacial score (nSPS) is 17.6. The van der Waals surface area contributed by atoms with E-state index in [0.29, 0.717) is 6.42 Å². The molecule has 1 atom stereocenters. The van der Waals surface area contributed by atoms with Crippen molar-refractivity contribution in [2.24, 2.45) is 0 Å². The van der Waals surface area contributed by atoms with Crippen molar-refractivity contribution in [3.63, 3.8) is 0 Å². The largest absolute Gasteiger partial charge is 0.340 e. The number of benzene rings is 1. The Bertz CT molecular complexity index is 811. The lowest BCUT2D eigenvalue weighted by molar-refractivity contribution is -0.132. The minimum atomic E-state index is 0.159. The second-order valence-electron chi connectivity index (χ2n) is 6.22. The van der Waals surface area contributed by atoms with Crippen LogP contribution in [0, 0.1) is 0 Å². The number of nitrogens with zero attached hydrogens (tertiary/aromatic N) is 7. The molecule has 25 heavy (non-hydrogen) atoms. The molecule has 1 aliphatic rings. The van der Waals surface area contributed by atoms with Gasteiger partial charge in [0.2, 0.25) is 5.91 Å². The van der Waals surface area contributed by atoms with E-state index >= 15 is 0 Å². The van der Waals surface area contributed by atoms with Crippen LogP contribution in [0.2, 0.25) is 0 Å². The summed E-state index contributed by atoms with van der Waals surface area (Å²) in [7, 11) is 0. The van der Waals surface area contributed by atoms with Gasteiger partial charge in [-0.15, -0.1) is 5.10 Å². The molecule has 1 fully saturated rings.